The van der Waals surface area contributed by atoms with Crippen LogP contribution in [0.4, 0.5) is 0 Å². The van der Waals surface area contributed by atoms with E-state index in [0.717, 1.165) is 46.2 Å². The van der Waals surface area contributed by atoms with E-state index in [1.165, 1.54) is 0 Å². The van der Waals surface area contributed by atoms with Gasteiger partial charge in [0.05, 0.1) is 12.2 Å². The summed E-state index contributed by atoms with van der Waals surface area (Å²) in [6.07, 6.45) is 0.737. The fourth-order valence-corrected chi connectivity index (χ4v) is 4.11. The van der Waals surface area contributed by atoms with E-state index < -0.39 is 11.8 Å². The Morgan fingerprint density at radius 3 is 1.48 bits per heavy atom. The van der Waals surface area contributed by atoms with E-state index in [0.29, 0.717) is 11.3 Å². The van der Waals surface area contributed by atoms with Crippen molar-refractivity contribution < 1.29 is 24.5 Å². The van der Waals surface area contributed by atoms with E-state index in [9.17, 15) is 19.8 Å². The zero-order valence-corrected chi connectivity index (χ0v) is 21.6. The average Bonchev–Trinajstić information content (AvgIpc) is 2.73. The van der Waals surface area contributed by atoms with Gasteiger partial charge < -0.3 is 14.9 Å². The third-order valence-corrected chi connectivity index (χ3v) is 5.94. The number of ether oxygens (including phenoxy) is 1. The third kappa shape index (κ3) is 7.79. The molecule has 0 radical (unpaired) electrons. The van der Waals surface area contributed by atoms with Crippen molar-refractivity contribution in [2.75, 3.05) is 0 Å². The van der Waals surface area contributed by atoms with Gasteiger partial charge in [0.1, 0.15) is 5.75 Å². The maximum absolute atomic E-state index is 12.5. The number of benzene rings is 2. The highest BCUT2D eigenvalue weighted by Gasteiger charge is 2.24. The lowest BCUT2D eigenvalue weighted by atomic mass is 9.95. The molecule has 182 valence electrons. The Kier molecular flexibility index (Phi) is 10.9. The number of Topliss-reactive ketones (excluding diaryl/α,β-unsaturated/α-hetero) is 1. The number of aryl methyl sites for hydroxylation is 6. The highest BCUT2D eigenvalue weighted by atomic mass is 16.5. The smallest absolute Gasteiger partial charge is 0.385 e. The molecular weight excluding hydrogens is 416 g/mol. The molecule has 0 heterocycles. The molecule has 0 amide bonds. The topological polar surface area (TPSA) is 83.8 Å². The second-order valence-electron chi connectivity index (χ2n) is 9.03. The Bertz CT molecular complexity index is 920. The highest BCUT2D eigenvalue weighted by Crippen LogP contribution is 2.26. The van der Waals surface area contributed by atoms with Gasteiger partial charge in [0.25, 0.3) is 5.78 Å². The fourth-order valence-electron chi connectivity index (χ4n) is 4.11. The lowest BCUT2D eigenvalue weighted by molar-refractivity contribution is -0.129. The van der Waals surface area contributed by atoms with E-state index >= 15 is 0 Å². The monoisotopic (exact) mass is 456 g/mol. The lowest BCUT2D eigenvalue weighted by Gasteiger charge is -2.21. The van der Waals surface area contributed by atoms with Crippen molar-refractivity contribution in [2.24, 2.45) is 5.92 Å². The van der Waals surface area contributed by atoms with Gasteiger partial charge in [0, 0.05) is 11.5 Å². The molecule has 0 aliphatic rings. The summed E-state index contributed by atoms with van der Waals surface area (Å²) in [5.41, 5.74) is 5.88. The van der Waals surface area contributed by atoms with Crippen LogP contribution < -0.4 is 4.74 Å². The zero-order chi connectivity index (χ0) is 25.5. The lowest BCUT2D eigenvalue weighted by Crippen LogP contribution is -2.28. The van der Waals surface area contributed by atoms with E-state index in [-0.39, 0.29) is 18.1 Å². The second-order valence-corrected chi connectivity index (χ2v) is 9.03. The molecule has 2 unspecified atom stereocenters. The van der Waals surface area contributed by atoms with Crippen LogP contribution in [-0.2, 0) is 4.79 Å². The molecule has 0 saturated heterocycles. The van der Waals surface area contributed by atoms with Gasteiger partial charge in [-0.25, -0.2) is 4.79 Å². The number of carbonyl (C=O) groups excluding carboxylic acids is 2. The molecule has 2 atom stereocenters. The van der Waals surface area contributed by atoms with Crippen LogP contribution in [0.1, 0.15) is 77.4 Å². The van der Waals surface area contributed by atoms with Gasteiger partial charge in [-0.3, -0.25) is 4.79 Å². The molecule has 0 bridgehead atoms. The maximum Gasteiger partial charge on any atom is 0.385 e. The van der Waals surface area contributed by atoms with E-state index in [1.54, 1.807) is 0 Å². The molecule has 2 rings (SSSR count). The quantitative estimate of drug-likeness (QED) is 0.249. The molecule has 2 aromatic rings. The number of aliphatic hydroxyl groups is 2. The summed E-state index contributed by atoms with van der Waals surface area (Å²) in [6, 6.07) is 7.66. The van der Waals surface area contributed by atoms with Crippen molar-refractivity contribution in [1.82, 2.24) is 0 Å². The predicted molar refractivity (Wildman–Crippen MR) is 133 cm³/mol. The van der Waals surface area contributed by atoms with Gasteiger partial charge in [0.2, 0.25) is 0 Å². The average molecular weight is 457 g/mol. The number of rotatable bonds is 7. The number of hydrogen-bond acceptors (Lipinski definition) is 5. The Balaban J connectivity index is 0.000000461. The minimum absolute atomic E-state index is 0.00926. The van der Waals surface area contributed by atoms with Gasteiger partial charge in [-0.2, -0.15) is 0 Å². The van der Waals surface area contributed by atoms with Crippen LogP contribution in [0.2, 0.25) is 0 Å². The van der Waals surface area contributed by atoms with Crippen molar-refractivity contribution in [1.29, 1.82) is 0 Å². The first kappa shape index (κ1) is 28.5. The first-order valence-electron chi connectivity index (χ1n) is 11.6. The Labute approximate surface area is 198 Å². The van der Waals surface area contributed by atoms with Crippen molar-refractivity contribution in [3.05, 3.63) is 63.2 Å². The van der Waals surface area contributed by atoms with Gasteiger partial charge in [-0.05, 0) is 76.6 Å². The van der Waals surface area contributed by atoms with Gasteiger partial charge in [-0.1, -0.05) is 56.2 Å². The Morgan fingerprint density at radius 1 is 0.758 bits per heavy atom. The molecule has 5 heteroatoms. The van der Waals surface area contributed by atoms with Crippen LogP contribution in [0.5, 0.6) is 5.75 Å². The van der Waals surface area contributed by atoms with Crippen LogP contribution in [0, 0.1) is 47.5 Å². The van der Waals surface area contributed by atoms with Crippen molar-refractivity contribution in [2.45, 2.75) is 87.4 Å². The van der Waals surface area contributed by atoms with E-state index in [1.807, 2.05) is 86.6 Å². The number of hydrogen-bond donors (Lipinski definition) is 2. The molecule has 2 aromatic carbocycles. The van der Waals surface area contributed by atoms with E-state index in [2.05, 4.69) is 0 Å². The molecule has 2 N–H and O–H groups in total. The van der Waals surface area contributed by atoms with Gasteiger partial charge in [-0.15, -0.1) is 0 Å². The zero-order valence-electron chi connectivity index (χ0n) is 21.6. The van der Waals surface area contributed by atoms with E-state index in [4.69, 9.17) is 4.74 Å². The van der Waals surface area contributed by atoms with Crippen LogP contribution in [-0.4, -0.2) is 34.2 Å². The third-order valence-electron chi connectivity index (χ3n) is 5.94. The minimum Gasteiger partial charge on any atom is -0.420 e. The summed E-state index contributed by atoms with van der Waals surface area (Å²) in [4.78, 5) is 24.8. The van der Waals surface area contributed by atoms with Crippen molar-refractivity contribution in [3.8, 4) is 5.75 Å². The van der Waals surface area contributed by atoms with Crippen molar-refractivity contribution in [3.63, 3.8) is 0 Å². The summed E-state index contributed by atoms with van der Waals surface area (Å²) in [5, 5.41) is 18.5. The maximum atomic E-state index is 12.5. The molecule has 0 fully saturated rings. The number of aliphatic hydroxyl groups excluding tert-OH is 2. The molecule has 0 saturated carbocycles. The predicted octanol–water partition coefficient (Wildman–Crippen LogP) is 5.49. The first-order chi connectivity index (χ1) is 15.3. The SMILES string of the molecule is CCC(O)C(C)C(O)CC.Cc1cc(C)c(OC(=O)C(=O)c2c(C)cc(C)cc2C)c(C)c1. The number of ketones is 1. The van der Waals surface area contributed by atoms with Crippen LogP contribution in [0.15, 0.2) is 24.3 Å². The van der Waals surface area contributed by atoms with Crippen LogP contribution in [0.3, 0.4) is 0 Å². The molecule has 33 heavy (non-hydrogen) atoms. The Morgan fingerprint density at radius 2 is 1.12 bits per heavy atom. The minimum atomic E-state index is -0.838. The van der Waals surface area contributed by atoms with Gasteiger partial charge in [0.15, 0.2) is 0 Å². The standard InChI is InChI=1S/C20H22O3.C8H18O2/c1-11-7-13(3)17(14(4)8-11)18(21)20(22)23-19-15(5)9-12(2)10-16(19)6;1-4-7(9)6(3)8(10)5-2/h7-10H,1-6H3;6-10H,4-5H2,1-3H3. The molecule has 0 aliphatic carbocycles. The molecule has 0 spiro atoms. The second kappa shape index (κ2) is 12.7. The summed E-state index contributed by atoms with van der Waals surface area (Å²) in [6.45, 7) is 17.1. The fraction of sp³-hybridized carbons (Fsp3) is 0.500. The Hall–Kier alpha value is -2.50. The summed E-state index contributed by atoms with van der Waals surface area (Å²) >= 11 is 0. The summed E-state index contributed by atoms with van der Waals surface area (Å²) in [5.74, 6) is -0.958. The summed E-state index contributed by atoms with van der Waals surface area (Å²) < 4.78 is 5.40. The molecular formula is C28H40O5. The van der Waals surface area contributed by atoms with Crippen molar-refractivity contribution >= 4 is 11.8 Å². The van der Waals surface area contributed by atoms with Crippen LogP contribution >= 0.6 is 0 Å². The normalized spacial score (nSPS) is 13.4. The largest absolute Gasteiger partial charge is 0.420 e. The highest BCUT2D eigenvalue weighted by molar-refractivity contribution is 6.41. The molecule has 0 aliphatic heterocycles. The van der Waals surface area contributed by atoms with Crippen LogP contribution in [0.25, 0.3) is 0 Å². The first-order valence-corrected chi connectivity index (χ1v) is 11.6. The summed E-state index contributed by atoms with van der Waals surface area (Å²) in [7, 11) is 0. The molecule has 5 nitrogen and oxygen atoms in total. The van der Waals surface area contributed by atoms with Gasteiger partial charge >= 0.3 is 5.97 Å². The number of esters is 1. The molecule has 0 aromatic heterocycles. The number of carbonyl (C=O) groups is 2.